The van der Waals surface area contributed by atoms with Gasteiger partial charge in [0.15, 0.2) is 0 Å². The Hall–Kier alpha value is -1.95. The van der Waals surface area contributed by atoms with Crippen molar-refractivity contribution in [1.82, 2.24) is 4.98 Å². The molecule has 0 saturated heterocycles. The fourth-order valence-electron chi connectivity index (χ4n) is 1.53. The number of hydrogen-bond acceptors (Lipinski definition) is 4. The van der Waals surface area contributed by atoms with Gasteiger partial charge >= 0.3 is 5.97 Å². The number of nitrogens with zero attached hydrogens (tertiary/aromatic N) is 1. The van der Waals surface area contributed by atoms with Crippen molar-refractivity contribution in [1.29, 1.82) is 0 Å². The van der Waals surface area contributed by atoms with Crippen molar-refractivity contribution >= 4 is 17.7 Å². The van der Waals surface area contributed by atoms with Crippen molar-refractivity contribution in [3.8, 4) is 0 Å². The van der Waals surface area contributed by atoms with E-state index in [4.69, 9.17) is 4.74 Å². The van der Waals surface area contributed by atoms with Gasteiger partial charge in [0, 0.05) is 6.20 Å². The van der Waals surface area contributed by atoms with Crippen LogP contribution in [0.3, 0.4) is 0 Å². The van der Waals surface area contributed by atoms with Crippen LogP contribution >= 0.6 is 11.8 Å². The number of benzene rings is 1. The van der Waals surface area contributed by atoms with Gasteiger partial charge < -0.3 is 4.74 Å². The molecule has 2 aromatic rings. The minimum atomic E-state index is -2.63. The lowest BCUT2D eigenvalue weighted by Crippen LogP contribution is -2.08. The quantitative estimate of drug-likeness (QED) is 0.622. The minimum Gasteiger partial charge on any atom is -0.457 e. The number of rotatable bonds is 5. The molecule has 104 valence electrons. The van der Waals surface area contributed by atoms with Crippen LogP contribution in [0.5, 0.6) is 0 Å². The number of hydrogen-bond donors (Lipinski definition) is 0. The van der Waals surface area contributed by atoms with Gasteiger partial charge in [-0.25, -0.2) is 9.78 Å². The molecule has 1 aromatic heterocycles. The molecule has 0 saturated carbocycles. The molecule has 0 radical (unpaired) electrons. The first-order chi connectivity index (χ1) is 9.66. The molecule has 6 heteroatoms. The van der Waals surface area contributed by atoms with E-state index in [1.807, 2.05) is 30.3 Å². The number of carbonyl (C=O) groups excluding carboxylic acids is 1. The standard InChI is InChI=1S/C14H11F2NO2S/c15-14(16)20-12-11(7-4-8-17-12)13(18)19-9-10-5-2-1-3-6-10/h1-8,14H,9H2. The van der Waals surface area contributed by atoms with E-state index in [0.717, 1.165) is 5.56 Å². The highest BCUT2D eigenvalue weighted by molar-refractivity contribution is 7.99. The Labute approximate surface area is 119 Å². The van der Waals surface area contributed by atoms with Crippen LogP contribution in [0.1, 0.15) is 15.9 Å². The molecule has 0 bridgehead atoms. The van der Waals surface area contributed by atoms with Gasteiger partial charge in [-0.3, -0.25) is 0 Å². The Bertz CT molecular complexity index is 578. The Balaban J connectivity index is 2.05. The first-order valence-corrected chi connectivity index (χ1v) is 6.65. The number of esters is 1. The van der Waals surface area contributed by atoms with Gasteiger partial charge in [0.05, 0.1) is 5.56 Å². The second kappa shape index (κ2) is 7.00. The highest BCUT2D eigenvalue weighted by atomic mass is 32.2. The van der Waals surface area contributed by atoms with E-state index in [-0.39, 0.29) is 29.0 Å². The number of alkyl halides is 2. The van der Waals surface area contributed by atoms with Crippen molar-refractivity contribution in [3.05, 3.63) is 59.8 Å². The molecule has 0 atom stereocenters. The highest BCUT2D eigenvalue weighted by Crippen LogP contribution is 2.26. The van der Waals surface area contributed by atoms with Crippen LogP contribution in [0.25, 0.3) is 0 Å². The summed E-state index contributed by atoms with van der Waals surface area (Å²) in [6.45, 7) is 0.0906. The topological polar surface area (TPSA) is 39.2 Å². The van der Waals surface area contributed by atoms with Crippen LogP contribution in [-0.2, 0) is 11.3 Å². The monoisotopic (exact) mass is 295 g/mol. The van der Waals surface area contributed by atoms with Gasteiger partial charge in [0.2, 0.25) is 0 Å². The molecule has 0 unspecified atom stereocenters. The van der Waals surface area contributed by atoms with E-state index in [2.05, 4.69) is 4.98 Å². The molecular formula is C14H11F2NO2S. The summed E-state index contributed by atoms with van der Waals surface area (Å²) in [5, 5.41) is -0.0273. The lowest BCUT2D eigenvalue weighted by Gasteiger charge is -2.08. The zero-order valence-electron chi connectivity index (χ0n) is 10.3. The molecule has 0 aliphatic rings. The summed E-state index contributed by atoms with van der Waals surface area (Å²) in [6.07, 6.45) is 1.36. The van der Waals surface area contributed by atoms with E-state index < -0.39 is 11.7 Å². The largest absolute Gasteiger partial charge is 0.457 e. The number of thioether (sulfide) groups is 1. The molecular weight excluding hydrogens is 284 g/mol. The van der Waals surface area contributed by atoms with E-state index in [1.54, 1.807) is 0 Å². The highest BCUT2D eigenvalue weighted by Gasteiger charge is 2.17. The van der Waals surface area contributed by atoms with Gasteiger partial charge in [-0.2, -0.15) is 8.78 Å². The van der Waals surface area contributed by atoms with Crippen LogP contribution in [0.15, 0.2) is 53.7 Å². The average molecular weight is 295 g/mol. The molecule has 0 aliphatic heterocycles. The number of carbonyl (C=O) groups is 1. The van der Waals surface area contributed by atoms with Crippen molar-refractivity contribution in [2.24, 2.45) is 0 Å². The summed E-state index contributed by atoms with van der Waals surface area (Å²) in [5.41, 5.74) is 0.876. The van der Waals surface area contributed by atoms with Gasteiger partial charge in [-0.05, 0) is 29.5 Å². The van der Waals surface area contributed by atoms with Crippen molar-refractivity contribution < 1.29 is 18.3 Å². The maximum atomic E-state index is 12.4. The van der Waals surface area contributed by atoms with Crippen LogP contribution < -0.4 is 0 Å². The lowest BCUT2D eigenvalue weighted by atomic mass is 10.2. The Kier molecular flexibility index (Phi) is 5.06. The number of pyridine rings is 1. The second-order valence-corrected chi connectivity index (χ2v) is 4.78. The SMILES string of the molecule is O=C(OCc1ccccc1)c1cccnc1SC(F)F. The summed E-state index contributed by atoms with van der Waals surface area (Å²) in [4.78, 5) is 15.7. The molecule has 2 rings (SSSR count). The maximum absolute atomic E-state index is 12.4. The Morgan fingerprint density at radius 2 is 1.95 bits per heavy atom. The van der Waals surface area contributed by atoms with Crippen LogP contribution in [0.2, 0.25) is 0 Å². The molecule has 20 heavy (non-hydrogen) atoms. The zero-order valence-corrected chi connectivity index (χ0v) is 11.1. The number of aromatic nitrogens is 1. The summed E-state index contributed by atoms with van der Waals surface area (Å²) in [5.74, 6) is -3.30. The minimum absolute atomic E-state index is 0.0273. The number of ether oxygens (including phenoxy) is 1. The van der Waals surface area contributed by atoms with Gasteiger partial charge in [0.25, 0.3) is 5.76 Å². The van der Waals surface area contributed by atoms with Crippen molar-refractivity contribution in [2.45, 2.75) is 17.4 Å². The molecule has 1 heterocycles. The first-order valence-electron chi connectivity index (χ1n) is 5.77. The Morgan fingerprint density at radius 1 is 1.20 bits per heavy atom. The average Bonchev–Trinajstić information content (AvgIpc) is 2.46. The zero-order chi connectivity index (χ0) is 14.4. The summed E-state index contributed by atoms with van der Waals surface area (Å²) < 4.78 is 29.9. The summed E-state index contributed by atoms with van der Waals surface area (Å²) >= 11 is 0.230. The molecule has 0 aliphatic carbocycles. The third-order valence-electron chi connectivity index (χ3n) is 2.40. The molecule has 1 aromatic carbocycles. The predicted octanol–water partition coefficient (Wildman–Crippen LogP) is 3.75. The normalized spacial score (nSPS) is 10.6. The fraction of sp³-hybridized carbons (Fsp3) is 0.143. The maximum Gasteiger partial charge on any atom is 0.341 e. The van der Waals surface area contributed by atoms with Gasteiger partial charge in [0.1, 0.15) is 11.6 Å². The van der Waals surface area contributed by atoms with Crippen LogP contribution in [0, 0.1) is 0 Å². The van der Waals surface area contributed by atoms with Crippen molar-refractivity contribution in [3.63, 3.8) is 0 Å². The number of halogens is 2. The first kappa shape index (κ1) is 14.5. The summed E-state index contributed by atoms with van der Waals surface area (Å²) in [6, 6.07) is 12.1. The van der Waals surface area contributed by atoms with E-state index in [0.29, 0.717) is 0 Å². The van der Waals surface area contributed by atoms with Crippen LogP contribution in [-0.4, -0.2) is 16.7 Å². The molecule has 0 amide bonds. The Morgan fingerprint density at radius 3 is 2.65 bits per heavy atom. The fourth-order valence-corrected chi connectivity index (χ4v) is 2.09. The predicted molar refractivity (Wildman–Crippen MR) is 71.7 cm³/mol. The molecule has 3 nitrogen and oxygen atoms in total. The molecule has 0 N–H and O–H groups in total. The second-order valence-electron chi connectivity index (χ2n) is 3.80. The van der Waals surface area contributed by atoms with E-state index >= 15 is 0 Å². The van der Waals surface area contributed by atoms with Gasteiger partial charge in [-0.15, -0.1) is 0 Å². The smallest absolute Gasteiger partial charge is 0.341 e. The third kappa shape index (κ3) is 4.03. The van der Waals surface area contributed by atoms with E-state index in [9.17, 15) is 13.6 Å². The lowest BCUT2D eigenvalue weighted by molar-refractivity contribution is 0.0467. The van der Waals surface area contributed by atoms with Crippen LogP contribution in [0.4, 0.5) is 8.78 Å². The van der Waals surface area contributed by atoms with E-state index in [1.165, 1.54) is 18.3 Å². The summed E-state index contributed by atoms with van der Waals surface area (Å²) in [7, 11) is 0. The van der Waals surface area contributed by atoms with Gasteiger partial charge in [-0.1, -0.05) is 30.3 Å². The molecule has 0 spiro atoms. The third-order valence-corrected chi connectivity index (χ3v) is 3.13. The molecule has 0 fully saturated rings. The van der Waals surface area contributed by atoms with Crippen molar-refractivity contribution in [2.75, 3.05) is 0 Å².